The molecule has 0 bridgehead atoms. The number of likely N-dealkylation sites (N-methyl/N-ethyl adjacent to an activating group) is 1. The molecular weight excluding hydrogens is 290 g/mol. The number of carbonyl (C=O) groups is 2. The quantitative estimate of drug-likeness (QED) is 0.685. The molecule has 0 heterocycles. The molecule has 23 heavy (non-hydrogen) atoms. The molecule has 0 aliphatic carbocycles. The number of methoxy groups -OCH3 is 1. The lowest BCUT2D eigenvalue weighted by Gasteiger charge is -2.32. The number of aldehydes is 1. The Morgan fingerprint density at radius 2 is 2.09 bits per heavy atom. The molecule has 0 aliphatic heterocycles. The highest BCUT2D eigenvalue weighted by molar-refractivity contribution is 6.01. The fraction of sp³-hybridized carbons (Fsp3) is 0.474. The van der Waals surface area contributed by atoms with Crippen LogP contribution >= 0.6 is 0 Å². The molecule has 4 heteroatoms. The molecule has 0 saturated heterocycles. The molecular formula is C19H27NO3. The van der Waals surface area contributed by atoms with Gasteiger partial charge in [0, 0.05) is 19.7 Å². The first-order valence-corrected chi connectivity index (χ1v) is 8.01. The van der Waals surface area contributed by atoms with E-state index in [2.05, 4.69) is 6.92 Å². The van der Waals surface area contributed by atoms with Crippen molar-refractivity contribution in [1.82, 2.24) is 4.90 Å². The van der Waals surface area contributed by atoms with Crippen LogP contribution in [0, 0.1) is 0 Å². The van der Waals surface area contributed by atoms with Crippen LogP contribution in [0.25, 0.3) is 6.08 Å². The van der Waals surface area contributed by atoms with E-state index in [0.717, 1.165) is 24.7 Å². The largest absolute Gasteiger partial charge is 0.380 e. The molecule has 0 fully saturated rings. The van der Waals surface area contributed by atoms with E-state index in [-0.39, 0.29) is 18.1 Å². The predicted molar refractivity (Wildman–Crippen MR) is 93.8 cm³/mol. The van der Waals surface area contributed by atoms with Crippen LogP contribution in [0.3, 0.4) is 0 Å². The van der Waals surface area contributed by atoms with Crippen molar-refractivity contribution < 1.29 is 14.3 Å². The lowest BCUT2D eigenvalue weighted by molar-refractivity contribution is 0.0270. The molecule has 1 aromatic rings. The van der Waals surface area contributed by atoms with Gasteiger partial charge in [0.1, 0.15) is 0 Å². The van der Waals surface area contributed by atoms with Gasteiger partial charge in [0.25, 0.3) is 5.91 Å². The molecule has 1 aromatic carbocycles. The Balaban J connectivity index is 3.13. The lowest BCUT2D eigenvalue weighted by Crippen LogP contribution is -2.44. The number of carbonyl (C=O) groups excluding carboxylic acids is 2. The molecule has 0 spiro atoms. The van der Waals surface area contributed by atoms with E-state index in [1.807, 2.05) is 32.1 Å². The zero-order valence-corrected chi connectivity index (χ0v) is 14.7. The van der Waals surface area contributed by atoms with Gasteiger partial charge in [0.2, 0.25) is 0 Å². The molecule has 0 saturated carbocycles. The Bertz CT molecular complexity index is 566. The molecule has 0 radical (unpaired) electrons. The normalized spacial score (nSPS) is 13.8. The summed E-state index contributed by atoms with van der Waals surface area (Å²) in [4.78, 5) is 25.9. The first kappa shape index (κ1) is 19.1. The average Bonchev–Trinajstić information content (AvgIpc) is 2.57. The van der Waals surface area contributed by atoms with Gasteiger partial charge < -0.3 is 9.64 Å². The van der Waals surface area contributed by atoms with E-state index in [9.17, 15) is 9.59 Å². The number of nitrogens with zero attached hydrogens (tertiary/aromatic N) is 1. The van der Waals surface area contributed by atoms with E-state index < -0.39 is 0 Å². The summed E-state index contributed by atoms with van der Waals surface area (Å²) < 4.78 is 5.41. The number of ether oxygens (including phenoxy) is 1. The molecule has 0 aromatic heterocycles. The van der Waals surface area contributed by atoms with Crippen LogP contribution in [0.1, 0.15) is 59.9 Å². The molecule has 1 amide bonds. The summed E-state index contributed by atoms with van der Waals surface area (Å²) in [6, 6.07) is 5.29. The Labute approximate surface area is 139 Å². The maximum absolute atomic E-state index is 12.8. The van der Waals surface area contributed by atoms with Gasteiger partial charge in [-0.05, 0) is 38.0 Å². The number of allylic oxidation sites excluding steroid dienone is 1. The van der Waals surface area contributed by atoms with Crippen LogP contribution in [-0.4, -0.2) is 43.4 Å². The Morgan fingerprint density at radius 3 is 2.61 bits per heavy atom. The summed E-state index contributed by atoms with van der Waals surface area (Å²) in [5.41, 5.74) is 1.75. The highest BCUT2D eigenvalue weighted by Gasteiger charge is 2.26. The number of hydrogen-bond donors (Lipinski definition) is 0. The van der Waals surface area contributed by atoms with Gasteiger partial charge >= 0.3 is 0 Å². The van der Waals surface area contributed by atoms with Gasteiger partial charge in [-0.25, -0.2) is 0 Å². The fourth-order valence-electron chi connectivity index (χ4n) is 2.71. The maximum atomic E-state index is 12.8. The monoisotopic (exact) mass is 317 g/mol. The Morgan fingerprint density at radius 1 is 1.39 bits per heavy atom. The molecule has 126 valence electrons. The summed E-state index contributed by atoms with van der Waals surface area (Å²) in [7, 11) is 3.42. The number of benzene rings is 1. The second kappa shape index (κ2) is 9.26. The van der Waals surface area contributed by atoms with Crippen molar-refractivity contribution in [2.24, 2.45) is 0 Å². The molecule has 2 unspecified atom stereocenters. The highest BCUT2D eigenvalue weighted by atomic mass is 16.5. The predicted octanol–water partition coefficient (Wildman–Crippen LogP) is 3.81. The van der Waals surface area contributed by atoms with Crippen LogP contribution in [0.2, 0.25) is 0 Å². The minimum Gasteiger partial charge on any atom is -0.380 e. The van der Waals surface area contributed by atoms with Crippen LogP contribution < -0.4 is 0 Å². The van der Waals surface area contributed by atoms with Crippen molar-refractivity contribution in [2.45, 2.75) is 45.8 Å². The standard InChI is InChI=1S/C19H27NO3/c1-6-8-15-10-11-17(16(12-15)13-21)19(22)20(4)18(9-7-2)14(3)23-5/h6,8,10-14,18H,7,9H2,1-5H3/b8-6+. The van der Waals surface area contributed by atoms with Crippen LogP contribution in [-0.2, 0) is 4.74 Å². The van der Waals surface area contributed by atoms with E-state index in [1.54, 1.807) is 31.2 Å². The highest BCUT2D eigenvalue weighted by Crippen LogP contribution is 2.19. The maximum Gasteiger partial charge on any atom is 0.254 e. The zero-order valence-electron chi connectivity index (χ0n) is 14.7. The Hall–Kier alpha value is -1.94. The van der Waals surface area contributed by atoms with Crippen molar-refractivity contribution in [3.8, 4) is 0 Å². The second-order valence-electron chi connectivity index (χ2n) is 5.68. The minimum atomic E-state index is -0.151. The van der Waals surface area contributed by atoms with Crippen molar-refractivity contribution in [1.29, 1.82) is 0 Å². The molecule has 1 rings (SSSR count). The second-order valence-corrected chi connectivity index (χ2v) is 5.68. The summed E-state index contributed by atoms with van der Waals surface area (Å²) in [5, 5.41) is 0. The smallest absolute Gasteiger partial charge is 0.254 e. The number of hydrogen-bond acceptors (Lipinski definition) is 3. The van der Waals surface area contributed by atoms with Gasteiger partial charge in [0.15, 0.2) is 6.29 Å². The first-order chi connectivity index (χ1) is 11.0. The van der Waals surface area contributed by atoms with Crippen LogP contribution in [0.4, 0.5) is 0 Å². The third-order valence-corrected chi connectivity index (χ3v) is 4.11. The first-order valence-electron chi connectivity index (χ1n) is 8.01. The van der Waals surface area contributed by atoms with Crippen molar-refractivity contribution >= 4 is 18.3 Å². The van der Waals surface area contributed by atoms with Crippen molar-refractivity contribution in [3.05, 3.63) is 41.0 Å². The summed E-state index contributed by atoms with van der Waals surface area (Å²) in [6.45, 7) is 5.95. The third-order valence-electron chi connectivity index (χ3n) is 4.11. The van der Waals surface area contributed by atoms with Gasteiger partial charge in [-0.15, -0.1) is 0 Å². The zero-order chi connectivity index (χ0) is 17.4. The number of amides is 1. The van der Waals surface area contributed by atoms with E-state index in [0.29, 0.717) is 11.1 Å². The Kier molecular flexibility index (Phi) is 7.69. The van der Waals surface area contributed by atoms with Crippen molar-refractivity contribution in [3.63, 3.8) is 0 Å². The van der Waals surface area contributed by atoms with Crippen LogP contribution in [0.15, 0.2) is 24.3 Å². The molecule has 0 N–H and O–H groups in total. The topological polar surface area (TPSA) is 46.6 Å². The van der Waals surface area contributed by atoms with Gasteiger partial charge in [0.05, 0.1) is 17.7 Å². The van der Waals surface area contributed by atoms with Crippen molar-refractivity contribution in [2.75, 3.05) is 14.2 Å². The average molecular weight is 317 g/mol. The van der Waals surface area contributed by atoms with E-state index in [1.165, 1.54) is 0 Å². The lowest BCUT2D eigenvalue weighted by atomic mass is 10.0. The minimum absolute atomic E-state index is 0.0211. The SMILES string of the molecule is C/C=C/c1ccc(C(=O)N(C)C(CCC)C(C)OC)c(C=O)c1. The van der Waals surface area contributed by atoms with E-state index in [4.69, 9.17) is 4.74 Å². The third kappa shape index (κ3) is 4.76. The van der Waals surface area contributed by atoms with E-state index >= 15 is 0 Å². The summed E-state index contributed by atoms with van der Waals surface area (Å²) in [6.07, 6.45) is 6.28. The van der Waals surface area contributed by atoms with Gasteiger partial charge in [-0.2, -0.15) is 0 Å². The van der Waals surface area contributed by atoms with Gasteiger partial charge in [-0.1, -0.05) is 31.6 Å². The summed E-state index contributed by atoms with van der Waals surface area (Å²) in [5.74, 6) is -0.151. The number of rotatable bonds is 8. The summed E-state index contributed by atoms with van der Waals surface area (Å²) >= 11 is 0. The molecule has 4 nitrogen and oxygen atoms in total. The fourth-order valence-corrected chi connectivity index (χ4v) is 2.71. The van der Waals surface area contributed by atoms with Gasteiger partial charge in [-0.3, -0.25) is 9.59 Å². The molecule has 2 atom stereocenters. The van der Waals surface area contributed by atoms with Crippen LogP contribution in [0.5, 0.6) is 0 Å². The molecule has 0 aliphatic rings.